The Morgan fingerprint density at radius 3 is 2.67 bits per heavy atom. The van der Waals surface area contributed by atoms with Crippen molar-refractivity contribution in [2.45, 2.75) is 25.8 Å². The number of hydrogen-bond acceptors (Lipinski definition) is 1. The number of halogens is 1. The zero-order chi connectivity index (χ0) is 8.97. The quantitative estimate of drug-likeness (QED) is 0.656. The minimum Gasteiger partial charge on any atom is -0.475 e. The molecule has 0 fully saturated rings. The van der Waals surface area contributed by atoms with Crippen LogP contribution < -0.4 is 4.74 Å². The molecule has 0 aliphatic rings. The maximum absolute atomic E-state index is 5.72. The zero-order valence-corrected chi connectivity index (χ0v) is 8.14. The lowest BCUT2D eigenvalue weighted by Gasteiger charge is -2.11. The molecule has 0 N–H and O–H groups in total. The number of ether oxygens (including phenoxy) is 1. The average Bonchev–Trinajstić information content (AvgIpc) is 2.04. The summed E-state index contributed by atoms with van der Waals surface area (Å²) in [7, 11) is 0. The highest BCUT2D eigenvalue weighted by Crippen LogP contribution is 2.20. The van der Waals surface area contributed by atoms with Crippen LogP contribution in [0.3, 0.4) is 0 Å². The van der Waals surface area contributed by atoms with E-state index in [-0.39, 0.29) is 5.56 Å². The van der Waals surface area contributed by atoms with Gasteiger partial charge in [-0.15, -0.1) is 0 Å². The van der Waals surface area contributed by atoms with E-state index in [1.807, 2.05) is 25.1 Å². The van der Waals surface area contributed by atoms with Gasteiger partial charge in [-0.2, -0.15) is 0 Å². The Morgan fingerprint density at radius 2 is 2.08 bits per heavy atom. The average molecular weight is 185 g/mol. The van der Waals surface area contributed by atoms with Crippen molar-refractivity contribution >= 4 is 11.6 Å². The first-order valence-corrected chi connectivity index (χ1v) is 4.56. The molecule has 0 saturated heterocycles. The van der Waals surface area contributed by atoms with Crippen LogP contribution in [0, 0.1) is 0 Å². The first-order chi connectivity index (χ1) is 5.74. The second-order valence-corrected chi connectivity index (χ2v) is 3.24. The molecule has 1 atom stereocenters. The van der Waals surface area contributed by atoms with Gasteiger partial charge in [0.15, 0.2) is 5.56 Å². The van der Waals surface area contributed by atoms with Crippen LogP contribution in [0.5, 0.6) is 5.75 Å². The molecule has 1 rings (SSSR count). The monoisotopic (exact) mass is 184 g/mol. The van der Waals surface area contributed by atoms with Gasteiger partial charge < -0.3 is 4.74 Å². The Bertz CT molecular complexity index is 245. The van der Waals surface area contributed by atoms with Crippen molar-refractivity contribution in [3.8, 4) is 5.75 Å². The normalized spacial score (nSPS) is 12.6. The fourth-order valence-corrected chi connectivity index (χ4v) is 1.18. The van der Waals surface area contributed by atoms with Crippen LogP contribution in [0.15, 0.2) is 24.3 Å². The molecule has 1 unspecified atom stereocenters. The summed E-state index contributed by atoms with van der Waals surface area (Å²) < 4.78 is 5.40. The van der Waals surface area contributed by atoms with Gasteiger partial charge in [0.05, 0.1) is 0 Å². The Labute approximate surface area is 78.3 Å². The molecule has 1 nitrogen and oxygen atoms in total. The maximum atomic E-state index is 5.72. The highest BCUT2D eigenvalue weighted by Gasteiger charge is 2.02. The number of hydrogen-bond donors (Lipinski definition) is 0. The van der Waals surface area contributed by atoms with Crippen LogP contribution in [0.1, 0.15) is 19.4 Å². The van der Waals surface area contributed by atoms with Crippen LogP contribution in [0.2, 0.25) is 0 Å². The van der Waals surface area contributed by atoms with Crippen molar-refractivity contribution in [3.63, 3.8) is 0 Å². The van der Waals surface area contributed by atoms with E-state index in [2.05, 4.69) is 13.0 Å². The fourth-order valence-electron chi connectivity index (χ4n) is 1.09. The van der Waals surface area contributed by atoms with Crippen molar-refractivity contribution in [2.75, 3.05) is 0 Å². The van der Waals surface area contributed by atoms with E-state index in [9.17, 15) is 0 Å². The third-order valence-electron chi connectivity index (χ3n) is 1.64. The van der Waals surface area contributed by atoms with Gasteiger partial charge in [0.1, 0.15) is 5.75 Å². The third-order valence-corrected chi connectivity index (χ3v) is 1.73. The Hall–Kier alpha value is -0.690. The van der Waals surface area contributed by atoms with Crippen molar-refractivity contribution in [1.29, 1.82) is 0 Å². The summed E-state index contributed by atoms with van der Waals surface area (Å²) in [5, 5.41) is 0. The molecular formula is C10H13ClO. The van der Waals surface area contributed by atoms with Crippen LogP contribution in [-0.4, -0.2) is 5.56 Å². The van der Waals surface area contributed by atoms with Gasteiger partial charge in [-0.1, -0.05) is 36.7 Å². The Kier molecular flexibility index (Phi) is 3.42. The van der Waals surface area contributed by atoms with Crippen molar-refractivity contribution < 1.29 is 4.74 Å². The summed E-state index contributed by atoms with van der Waals surface area (Å²) in [6.07, 6.45) is 0.972. The van der Waals surface area contributed by atoms with Crippen LogP contribution in [0.25, 0.3) is 0 Å². The van der Waals surface area contributed by atoms with E-state index >= 15 is 0 Å². The van der Waals surface area contributed by atoms with E-state index < -0.39 is 0 Å². The van der Waals surface area contributed by atoms with E-state index in [0.29, 0.717) is 0 Å². The van der Waals surface area contributed by atoms with Gasteiger partial charge in [-0.05, 0) is 25.0 Å². The fraction of sp³-hybridized carbons (Fsp3) is 0.400. The van der Waals surface area contributed by atoms with Crippen molar-refractivity contribution in [1.82, 2.24) is 0 Å². The third kappa shape index (κ3) is 2.42. The Morgan fingerprint density at radius 1 is 1.42 bits per heavy atom. The smallest absolute Gasteiger partial charge is 0.169 e. The zero-order valence-electron chi connectivity index (χ0n) is 7.38. The first kappa shape index (κ1) is 9.40. The molecule has 0 aliphatic carbocycles. The number of para-hydroxylation sites is 1. The topological polar surface area (TPSA) is 9.23 Å². The van der Waals surface area contributed by atoms with Gasteiger partial charge in [0.25, 0.3) is 0 Å². The minimum atomic E-state index is -0.266. The second-order valence-electron chi connectivity index (χ2n) is 2.62. The first-order valence-electron chi connectivity index (χ1n) is 4.12. The SMILES string of the molecule is CCc1ccccc1OC(C)Cl. The van der Waals surface area contributed by atoms with Crippen molar-refractivity contribution in [3.05, 3.63) is 29.8 Å². The summed E-state index contributed by atoms with van der Waals surface area (Å²) >= 11 is 5.72. The lowest BCUT2D eigenvalue weighted by molar-refractivity contribution is 0.298. The van der Waals surface area contributed by atoms with E-state index in [0.717, 1.165) is 12.2 Å². The minimum absolute atomic E-state index is 0.266. The van der Waals surface area contributed by atoms with Gasteiger partial charge >= 0.3 is 0 Å². The van der Waals surface area contributed by atoms with Crippen molar-refractivity contribution in [2.24, 2.45) is 0 Å². The van der Waals surface area contributed by atoms with Crippen LogP contribution in [0.4, 0.5) is 0 Å². The summed E-state index contributed by atoms with van der Waals surface area (Å²) in [6.45, 7) is 3.91. The molecule has 0 heterocycles. The molecule has 0 bridgehead atoms. The molecule has 0 amide bonds. The molecule has 0 spiro atoms. The predicted octanol–water partition coefficient (Wildman–Crippen LogP) is 3.21. The lowest BCUT2D eigenvalue weighted by atomic mass is 10.1. The highest BCUT2D eigenvalue weighted by atomic mass is 35.5. The summed E-state index contributed by atoms with van der Waals surface area (Å²) in [5.41, 5.74) is 0.933. The standard InChI is InChI=1S/C10H13ClO/c1-3-9-6-4-5-7-10(9)12-8(2)11/h4-8H,3H2,1-2H3. The molecule has 2 heteroatoms. The van der Waals surface area contributed by atoms with Gasteiger partial charge in [0, 0.05) is 0 Å². The van der Waals surface area contributed by atoms with Gasteiger partial charge in [-0.3, -0.25) is 0 Å². The van der Waals surface area contributed by atoms with Gasteiger partial charge in [0.2, 0.25) is 0 Å². The molecule has 1 aromatic rings. The number of rotatable bonds is 3. The Balaban J connectivity index is 2.82. The summed E-state index contributed by atoms with van der Waals surface area (Å²) in [6, 6.07) is 7.95. The molecule has 0 saturated carbocycles. The number of benzene rings is 1. The van der Waals surface area contributed by atoms with E-state index in [4.69, 9.17) is 16.3 Å². The predicted molar refractivity (Wildman–Crippen MR) is 51.8 cm³/mol. The molecule has 0 radical (unpaired) electrons. The van der Waals surface area contributed by atoms with E-state index in [1.165, 1.54) is 5.56 Å². The van der Waals surface area contributed by atoms with Crippen LogP contribution in [-0.2, 0) is 6.42 Å². The van der Waals surface area contributed by atoms with Gasteiger partial charge in [-0.25, -0.2) is 0 Å². The molecule has 0 aliphatic heterocycles. The summed E-state index contributed by atoms with van der Waals surface area (Å²) in [5.74, 6) is 0.891. The van der Waals surface area contributed by atoms with E-state index in [1.54, 1.807) is 0 Å². The number of aryl methyl sites for hydroxylation is 1. The lowest BCUT2D eigenvalue weighted by Crippen LogP contribution is -2.04. The largest absolute Gasteiger partial charge is 0.475 e. The maximum Gasteiger partial charge on any atom is 0.169 e. The molecule has 1 aromatic carbocycles. The molecular weight excluding hydrogens is 172 g/mol. The van der Waals surface area contributed by atoms with Crippen LogP contribution >= 0.6 is 11.6 Å². The molecule has 66 valence electrons. The number of alkyl halides is 1. The summed E-state index contributed by atoms with van der Waals surface area (Å²) in [4.78, 5) is 0. The molecule has 12 heavy (non-hydrogen) atoms. The second kappa shape index (κ2) is 4.36. The molecule has 0 aromatic heterocycles. The highest BCUT2D eigenvalue weighted by molar-refractivity contribution is 6.19.